The summed E-state index contributed by atoms with van der Waals surface area (Å²) < 4.78 is 4.41. The number of amides is 2. The van der Waals surface area contributed by atoms with Crippen molar-refractivity contribution in [3.8, 4) is 0 Å². The van der Waals surface area contributed by atoms with Crippen molar-refractivity contribution in [2.75, 3.05) is 13.7 Å². The van der Waals surface area contributed by atoms with Crippen LogP contribution in [-0.4, -0.2) is 41.6 Å². The monoisotopic (exact) mass is 201 g/mol. The summed E-state index contributed by atoms with van der Waals surface area (Å²) in [5.74, 6) is -2.30. The number of nitrogens with zero attached hydrogens (tertiary/aromatic N) is 1. The maximum absolute atomic E-state index is 11.4. The molecule has 1 rings (SSSR count). The van der Waals surface area contributed by atoms with Crippen molar-refractivity contribution in [1.82, 2.24) is 4.90 Å². The smallest absolute Gasteiger partial charge is 0.414 e. The number of likely N-dealkylation sites (tertiary alicyclic amines) is 1. The molecule has 1 aliphatic heterocycles. The van der Waals surface area contributed by atoms with Crippen LogP contribution in [0.1, 0.15) is 12.8 Å². The van der Waals surface area contributed by atoms with Crippen LogP contribution >= 0.6 is 0 Å². The highest BCUT2D eigenvalue weighted by Gasteiger charge is 2.37. The van der Waals surface area contributed by atoms with E-state index in [0.29, 0.717) is 17.7 Å². The van der Waals surface area contributed by atoms with E-state index >= 15 is 0 Å². The molecule has 1 heterocycles. The van der Waals surface area contributed by atoms with Crippen LogP contribution in [0.4, 0.5) is 4.79 Å². The minimum atomic E-state index is -1.32. The molecule has 2 amide bonds. The largest absolute Gasteiger partial charge is 0.468 e. The molecule has 1 unspecified atom stereocenters. The Labute approximate surface area is 80.4 Å². The Morgan fingerprint density at radius 3 is 2.71 bits per heavy atom. The zero-order valence-electron chi connectivity index (χ0n) is 7.73. The first-order valence-corrected chi connectivity index (χ1v) is 4.20. The van der Waals surface area contributed by atoms with E-state index < -0.39 is 23.9 Å². The van der Waals surface area contributed by atoms with Gasteiger partial charge in [0.25, 0.3) is 0 Å². The van der Waals surface area contributed by atoms with Gasteiger partial charge in [0.1, 0.15) is 5.92 Å². The first-order chi connectivity index (χ1) is 6.57. The van der Waals surface area contributed by atoms with Crippen LogP contribution in [0, 0.1) is 5.92 Å². The van der Waals surface area contributed by atoms with Gasteiger partial charge in [-0.2, -0.15) is 0 Å². The van der Waals surface area contributed by atoms with Gasteiger partial charge in [0.05, 0.1) is 7.11 Å². The molecule has 0 aromatic heterocycles. The quantitative estimate of drug-likeness (QED) is 0.479. The number of carbonyl (C=O) groups is 3. The second-order valence-corrected chi connectivity index (χ2v) is 2.99. The second-order valence-electron chi connectivity index (χ2n) is 2.99. The van der Waals surface area contributed by atoms with E-state index in [1.807, 2.05) is 0 Å². The van der Waals surface area contributed by atoms with Gasteiger partial charge in [-0.15, -0.1) is 0 Å². The molecule has 1 fully saturated rings. The maximum atomic E-state index is 11.4. The van der Waals surface area contributed by atoms with E-state index in [1.54, 1.807) is 0 Å². The third-order valence-corrected chi connectivity index (χ3v) is 2.16. The molecule has 0 aromatic rings. The molecule has 6 nitrogen and oxygen atoms in total. The predicted molar refractivity (Wildman–Crippen MR) is 44.5 cm³/mol. The van der Waals surface area contributed by atoms with Crippen LogP contribution in [0.2, 0.25) is 0 Å². The lowest BCUT2D eigenvalue weighted by atomic mass is 9.97. The summed E-state index contributed by atoms with van der Waals surface area (Å²) in [6.07, 6.45) is -0.462. The standard InChI is InChI=1S/C8H11NO5/c1-14-7(11)5-3-2-4-9(6(5)10)8(12)13/h5H,2-4H2,1H3,(H,12,13). The number of methoxy groups -OCH3 is 1. The fraction of sp³-hybridized carbons (Fsp3) is 0.625. The number of hydrogen-bond donors (Lipinski definition) is 1. The number of ether oxygens (including phenoxy) is 1. The molecular weight excluding hydrogens is 190 g/mol. The molecule has 6 heteroatoms. The topological polar surface area (TPSA) is 83.9 Å². The van der Waals surface area contributed by atoms with Gasteiger partial charge in [-0.25, -0.2) is 9.69 Å². The molecule has 78 valence electrons. The normalized spacial score (nSPS) is 21.9. The van der Waals surface area contributed by atoms with Crippen molar-refractivity contribution in [3.05, 3.63) is 0 Å². The summed E-state index contributed by atoms with van der Waals surface area (Å²) >= 11 is 0. The predicted octanol–water partition coefficient (Wildman–Crippen LogP) is 0.0760. The second kappa shape index (κ2) is 4.08. The van der Waals surface area contributed by atoms with E-state index in [-0.39, 0.29) is 6.54 Å². The van der Waals surface area contributed by atoms with Gasteiger partial charge in [-0.05, 0) is 12.8 Å². The van der Waals surface area contributed by atoms with E-state index in [1.165, 1.54) is 7.11 Å². The molecule has 1 saturated heterocycles. The minimum Gasteiger partial charge on any atom is -0.468 e. The molecule has 14 heavy (non-hydrogen) atoms. The van der Waals surface area contributed by atoms with Gasteiger partial charge in [0.2, 0.25) is 5.91 Å². The zero-order chi connectivity index (χ0) is 10.7. The van der Waals surface area contributed by atoms with Gasteiger partial charge in [-0.1, -0.05) is 0 Å². The van der Waals surface area contributed by atoms with Crippen molar-refractivity contribution < 1.29 is 24.2 Å². The van der Waals surface area contributed by atoms with E-state index in [2.05, 4.69) is 4.74 Å². The number of hydrogen-bond acceptors (Lipinski definition) is 4. The third kappa shape index (κ3) is 1.84. The van der Waals surface area contributed by atoms with Gasteiger partial charge in [0.15, 0.2) is 0 Å². The first-order valence-electron chi connectivity index (χ1n) is 4.20. The highest BCUT2D eigenvalue weighted by molar-refractivity contribution is 6.03. The highest BCUT2D eigenvalue weighted by Crippen LogP contribution is 2.19. The Morgan fingerprint density at radius 1 is 1.57 bits per heavy atom. The lowest BCUT2D eigenvalue weighted by Crippen LogP contribution is -2.46. The van der Waals surface area contributed by atoms with Crippen LogP contribution in [0.15, 0.2) is 0 Å². The summed E-state index contributed by atoms with van der Waals surface area (Å²) in [6.45, 7) is 0.154. The molecule has 0 bridgehead atoms. The Balaban J connectivity index is 2.76. The van der Waals surface area contributed by atoms with Gasteiger partial charge < -0.3 is 9.84 Å². The summed E-state index contributed by atoms with van der Waals surface area (Å²) in [6, 6.07) is 0. The SMILES string of the molecule is COC(=O)C1CCCN(C(=O)O)C1=O. The van der Waals surface area contributed by atoms with Crippen LogP contribution < -0.4 is 0 Å². The lowest BCUT2D eigenvalue weighted by molar-refractivity contribution is -0.154. The maximum Gasteiger partial charge on any atom is 0.414 e. The summed E-state index contributed by atoms with van der Waals surface area (Å²) in [5.41, 5.74) is 0. The van der Waals surface area contributed by atoms with E-state index in [0.717, 1.165) is 0 Å². The van der Waals surface area contributed by atoms with Crippen molar-refractivity contribution in [3.63, 3.8) is 0 Å². The minimum absolute atomic E-state index is 0.154. The number of imide groups is 1. The Bertz CT molecular complexity index is 275. The van der Waals surface area contributed by atoms with Crippen LogP contribution in [0.3, 0.4) is 0 Å². The van der Waals surface area contributed by atoms with E-state index in [4.69, 9.17) is 5.11 Å². The van der Waals surface area contributed by atoms with Crippen molar-refractivity contribution in [2.24, 2.45) is 5.92 Å². The molecule has 0 spiro atoms. The molecule has 0 radical (unpaired) electrons. The fourth-order valence-electron chi connectivity index (χ4n) is 1.43. The highest BCUT2D eigenvalue weighted by atomic mass is 16.5. The van der Waals surface area contributed by atoms with Gasteiger partial charge in [0, 0.05) is 6.54 Å². The zero-order valence-corrected chi connectivity index (χ0v) is 7.73. The van der Waals surface area contributed by atoms with Crippen LogP contribution in [-0.2, 0) is 14.3 Å². The molecule has 0 aromatic carbocycles. The number of carboxylic acid groups (broad SMARTS) is 1. The molecule has 0 aliphatic carbocycles. The number of rotatable bonds is 1. The van der Waals surface area contributed by atoms with Gasteiger partial charge in [-0.3, -0.25) is 9.59 Å². The molecule has 0 saturated carbocycles. The average Bonchev–Trinajstić information content (AvgIpc) is 2.16. The summed E-state index contributed by atoms with van der Waals surface area (Å²) in [7, 11) is 1.18. The van der Waals surface area contributed by atoms with Gasteiger partial charge >= 0.3 is 12.1 Å². The molecule has 1 N–H and O–H groups in total. The Hall–Kier alpha value is -1.59. The first kappa shape index (κ1) is 10.5. The number of piperidine rings is 1. The number of esters is 1. The summed E-state index contributed by atoms with van der Waals surface area (Å²) in [4.78, 5) is 33.7. The Kier molecular flexibility index (Phi) is 3.06. The Morgan fingerprint density at radius 2 is 2.21 bits per heavy atom. The van der Waals surface area contributed by atoms with Crippen LogP contribution in [0.25, 0.3) is 0 Å². The number of carbonyl (C=O) groups excluding carboxylic acids is 2. The van der Waals surface area contributed by atoms with Crippen molar-refractivity contribution >= 4 is 18.0 Å². The van der Waals surface area contributed by atoms with Crippen molar-refractivity contribution in [2.45, 2.75) is 12.8 Å². The lowest BCUT2D eigenvalue weighted by Gasteiger charge is -2.26. The van der Waals surface area contributed by atoms with Crippen LogP contribution in [0.5, 0.6) is 0 Å². The third-order valence-electron chi connectivity index (χ3n) is 2.16. The average molecular weight is 201 g/mol. The fourth-order valence-corrected chi connectivity index (χ4v) is 1.43. The summed E-state index contributed by atoms with van der Waals surface area (Å²) in [5, 5.41) is 8.63. The molecule has 1 atom stereocenters. The van der Waals surface area contributed by atoms with Crippen molar-refractivity contribution in [1.29, 1.82) is 0 Å². The molecule has 1 aliphatic rings. The molecular formula is C8H11NO5. The van der Waals surface area contributed by atoms with E-state index in [9.17, 15) is 14.4 Å².